The summed E-state index contributed by atoms with van der Waals surface area (Å²) in [6, 6.07) is 8.55. The van der Waals surface area contributed by atoms with Crippen molar-refractivity contribution in [2.24, 2.45) is 0 Å². The van der Waals surface area contributed by atoms with Crippen molar-refractivity contribution in [1.29, 1.82) is 0 Å². The lowest BCUT2D eigenvalue weighted by molar-refractivity contribution is 0.461. The summed E-state index contributed by atoms with van der Waals surface area (Å²) in [7, 11) is 1.81. The van der Waals surface area contributed by atoms with E-state index in [0.717, 1.165) is 28.2 Å². The molecule has 1 N–H and O–H groups in total. The second-order valence-electron chi connectivity index (χ2n) is 3.99. The van der Waals surface area contributed by atoms with Crippen LogP contribution in [0, 0.1) is 11.6 Å². The van der Waals surface area contributed by atoms with Gasteiger partial charge in [0.1, 0.15) is 23.1 Å². The Morgan fingerprint density at radius 3 is 2.42 bits per heavy atom. The molecule has 0 aromatic heterocycles. The van der Waals surface area contributed by atoms with E-state index in [9.17, 15) is 8.78 Å². The molecule has 0 amide bonds. The third kappa shape index (κ3) is 3.75. The molecular formula is C14H12BrF2NO. The number of halogens is 3. The summed E-state index contributed by atoms with van der Waals surface area (Å²) >= 11 is 3.37. The highest BCUT2D eigenvalue weighted by Gasteiger charge is 2.07. The highest BCUT2D eigenvalue weighted by Crippen LogP contribution is 2.28. The molecule has 0 atom stereocenters. The fourth-order valence-corrected chi connectivity index (χ4v) is 2.10. The van der Waals surface area contributed by atoms with E-state index < -0.39 is 11.6 Å². The van der Waals surface area contributed by atoms with E-state index in [-0.39, 0.29) is 5.75 Å². The molecule has 2 rings (SSSR count). The van der Waals surface area contributed by atoms with Crippen LogP contribution in [-0.2, 0) is 6.54 Å². The zero-order chi connectivity index (χ0) is 13.8. The van der Waals surface area contributed by atoms with Crippen molar-refractivity contribution in [1.82, 2.24) is 5.32 Å². The second kappa shape index (κ2) is 6.12. The maximum Gasteiger partial charge on any atom is 0.133 e. The molecule has 0 heterocycles. The molecule has 0 aliphatic rings. The van der Waals surface area contributed by atoms with E-state index in [1.165, 1.54) is 0 Å². The van der Waals surface area contributed by atoms with E-state index in [1.54, 1.807) is 6.07 Å². The van der Waals surface area contributed by atoms with Gasteiger partial charge in [0.25, 0.3) is 0 Å². The average Bonchev–Trinajstić information content (AvgIpc) is 2.32. The van der Waals surface area contributed by atoms with Crippen molar-refractivity contribution in [3.05, 3.63) is 58.1 Å². The summed E-state index contributed by atoms with van der Waals surface area (Å²) in [6.45, 7) is 0.590. The standard InChI is InChI=1S/C14H12BrF2NO/c1-18-8-9-4-10(15)2-3-14(9)19-13-6-11(16)5-12(17)7-13/h2-7,18H,8H2,1H3. The van der Waals surface area contributed by atoms with Gasteiger partial charge >= 0.3 is 0 Å². The molecule has 0 fully saturated rings. The van der Waals surface area contributed by atoms with Crippen molar-refractivity contribution in [2.75, 3.05) is 7.05 Å². The molecule has 0 aliphatic carbocycles. The molecule has 0 unspecified atom stereocenters. The molecule has 0 saturated heterocycles. The maximum absolute atomic E-state index is 13.1. The van der Waals surface area contributed by atoms with Crippen molar-refractivity contribution in [2.45, 2.75) is 6.54 Å². The number of hydrogen-bond donors (Lipinski definition) is 1. The Balaban J connectivity index is 2.31. The van der Waals surface area contributed by atoms with Crippen LogP contribution in [0.15, 0.2) is 40.9 Å². The number of hydrogen-bond acceptors (Lipinski definition) is 2. The quantitative estimate of drug-likeness (QED) is 0.906. The van der Waals surface area contributed by atoms with Crippen LogP contribution >= 0.6 is 15.9 Å². The molecule has 0 radical (unpaired) electrons. The van der Waals surface area contributed by atoms with Gasteiger partial charge in [0, 0.05) is 34.8 Å². The monoisotopic (exact) mass is 327 g/mol. The fraction of sp³-hybridized carbons (Fsp3) is 0.143. The van der Waals surface area contributed by atoms with Gasteiger partial charge in [-0.05, 0) is 25.2 Å². The third-order valence-electron chi connectivity index (χ3n) is 2.45. The Bertz CT molecular complexity index is 569. The SMILES string of the molecule is CNCc1cc(Br)ccc1Oc1cc(F)cc(F)c1. The zero-order valence-corrected chi connectivity index (χ0v) is 11.8. The lowest BCUT2D eigenvalue weighted by atomic mass is 10.2. The van der Waals surface area contributed by atoms with Crippen molar-refractivity contribution < 1.29 is 13.5 Å². The van der Waals surface area contributed by atoms with Crippen LogP contribution in [0.1, 0.15) is 5.56 Å². The molecule has 5 heteroatoms. The minimum absolute atomic E-state index is 0.136. The summed E-state index contributed by atoms with van der Waals surface area (Å²) in [5, 5.41) is 3.01. The normalized spacial score (nSPS) is 10.5. The Hall–Kier alpha value is -1.46. The minimum Gasteiger partial charge on any atom is -0.457 e. The van der Waals surface area contributed by atoms with Gasteiger partial charge < -0.3 is 10.1 Å². The first-order valence-electron chi connectivity index (χ1n) is 5.65. The molecule has 0 aliphatic heterocycles. The lowest BCUT2D eigenvalue weighted by Gasteiger charge is -2.11. The molecule has 2 nitrogen and oxygen atoms in total. The third-order valence-corrected chi connectivity index (χ3v) is 2.95. The number of ether oxygens (including phenoxy) is 1. The number of rotatable bonds is 4. The Morgan fingerprint density at radius 2 is 1.79 bits per heavy atom. The highest BCUT2D eigenvalue weighted by atomic mass is 79.9. The smallest absolute Gasteiger partial charge is 0.133 e. The average molecular weight is 328 g/mol. The Kier molecular flexibility index (Phi) is 4.50. The summed E-state index contributed by atoms with van der Waals surface area (Å²) in [6.07, 6.45) is 0. The predicted molar refractivity (Wildman–Crippen MR) is 73.3 cm³/mol. The van der Waals surface area contributed by atoms with Gasteiger partial charge in [0.15, 0.2) is 0 Å². The fourth-order valence-electron chi connectivity index (χ4n) is 1.69. The molecule has 0 spiro atoms. The van der Waals surface area contributed by atoms with Gasteiger partial charge in [-0.25, -0.2) is 8.78 Å². The zero-order valence-electron chi connectivity index (χ0n) is 10.2. The second-order valence-corrected chi connectivity index (χ2v) is 4.91. The first-order valence-corrected chi connectivity index (χ1v) is 6.45. The van der Waals surface area contributed by atoms with Gasteiger partial charge in [-0.1, -0.05) is 15.9 Å². The van der Waals surface area contributed by atoms with Crippen molar-refractivity contribution >= 4 is 15.9 Å². The van der Waals surface area contributed by atoms with E-state index in [2.05, 4.69) is 21.2 Å². The number of benzene rings is 2. The minimum atomic E-state index is -0.665. The first kappa shape index (κ1) is 14.0. The molecule has 100 valence electrons. The van der Waals surface area contributed by atoms with E-state index in [1.807, 2.05) is 19.2 Å². The predicted octanol–water partition coefficient (Wildman–Crippen LogP) is 4.24. The highest BCUT2D eigenvalue weighted by molar-refractivity contribution is 9.10. The summed E-state index contributed by atoms with van der Waals surface area (Å²) in [4.78, 5) is 0. The van der Waals surface area contributed by atoms with E-state index in [4.69, 9.17) is 4.74 Å². The van der Waals surface area contributed by atoms with Gasteiger partial charge in [-0.2, -0.15) is 0 Å². The molecule has 0 bridgehead atoms. The molecule has 2 aromatic carbocycles. The van der Waals surface area contributed by atoms with Crippen LogP contribution in [0.4, 0.5) is 8.78 Å². The molecule has 0 saturated carbocycles. The van der Waals surface area contributed by atoms with Crippen molar-refractivity contribution in [3.63, 3.8) is 0 Å². The van der Waals surface area contributed by atoms with Gasteiger partial charge in [-0.3, -0.25) is 0 Å². The summed E-state index contributed by atoms with van der Waals surface area (Å²) in [5.41, 5.74) is 0.890. The lowest BCUT2D eigenvalue weighted by Crippen LogP contribution is -2.06. The van der Waals surface area contributed by atoms with Gasteiger partial charge in [0.05, 0.1) is 0 Å². The van der Waals surface area contributed by atoms with Crippen LogP contribution in [0.3, 0.4) is 0 Å². The van der Waals surface area contributed by atoms with Crippen LogP contribution in [0.2, 0.25) is 0 Å². The largest absolute Gasteiger partial charge is 0.457 e. The Morgan fingerprint density at radius 1 is 1.11 bits per heavy atom. The number of nitrogens with one attached hydrogen (secondary N) is 1. The molecular weight excluding hydrogens is 316 g/mol. The maximum atomic E-state index is 13.1. The molecule has 2 aromatic rings. The Labute approximate surface area is 118 Å². The van der Waals surface area contributed by atoms with Crippen LogP contribution in [-0.4, -0.2) is 7.05 Å². The van der Waals surface area contributed by atoms with E-state index >= 15 is 0 Å². The molecule has 19 heavy (non-hydrogen) atoms. The van der Waals surface area contributed by atoms with Gasteiger partial charge in [0.2, 0.25) is 0 Å². The first-order chi connectivity index (χ1) is 9.08. The van der Waals surface area contributed by atoms with Crippen LogP contribution in [0.5, 0.6) is 11.5 Å². The topological polar surface area (TPSA) is 21.3 Å². The summed E-state index contributed by atoms with van der Waals surface area (Å²) < 4.78 is 32.7. The van der Waals surface area contributed by atoms with Crippen LogP contribution < -0.4 is 10.1 Å². The summed E-state index contributed by atoms with van der Waals surface area (Å²) in [5.74, 6) is -0.635. The van der Waals surface area contributed by atoms with Gasteiger partial charge in [-0.15, -0.1) is 0 Å². The van der Waals surface area contributed by atoms with Crippen molar-refractivity contribution in [3.8, 4) is 11.5 Å². The van der Waals surface area contributed by atoms with E-state index in [0.29, 0.717) is 12.3 Å². The van der Waals surface area contributed by atoms with Crippen LogP contribution in [0.25, 0.3) is 0 Å².